The zero-order valence-electron chi connectivity index (χ0n) is 17.0. The summed E-state index contributed by atoms with van der Waals surface area (Å²) in [5.74, 6) is -0.521. The Morgan fingerprint density at radius 3 is 2.79 bits per heavy atom. The molecule has 0 saturated carbocycles. The number of fused-ring (bicyclic) bond motifs is 2. The van der Waals surface area contributed by atoms with Crippen molar-refractivity contribution < 1.29 is 27.3 Å². The molecule has 1 amide bonds. The molecule has 12 heteroatoms. The Morgan fingerprint density at radius 1 is 1.18 bits per heavy atom. The van der Waals surface area contributed by atoms with Crippen molar-refractivity contribution in [3.05, 3.63) is 53.2 Å². The summed E-state index contributed by atoms with van der Waals surface area (Å²) in [4.78, 5) is 39.9. The first-order valence-corrected chi connectivity index (χ1v) is 9.92. The Balaban J connectivity index is 1.43. The van der Waals surface area contributed by atoms with E-state index in [0.717, 1.165) is 12.1 Å². The fraction of sp³-hybridized carbons (Fsp3) is 0.238. The lowest BCUT2D eigenvalue weighted by Gasteiger charge is -2.18. The van der Waals surface area contributed by atoms with E-state index in [1.807, 2.05) is 0 Å². The molecule has 33 heavy (non-hydrogen) atoms. The summed E-state index contributed by atoms with van der Waals surface area (Å²) in [6.07, 6.45) is -2.70. The van der Waals surface area contributed by atoms with Gasteiger partial charge in [0.1, 0.15) is 29.3 Å². The van der Waals surface area contributed by atoms with Crippen LogP contribution in [0.15, 0.2) is 35.1 Å². The van der Waals surface area contributed by atoms with Gasteiger partial charge in [-0.05, 0) is 31.5 Å². The van der Waals surface area contributed by atoms with Crippen molar-refractivity contribution in [1.29, 1.82) is 0 Å². The molecule has 0 aliphatic carbocycles. The second-order valence-corrected chi connectivity index (χ2v) is 7.61. The van der Waals surface area contributed by atoms with Crippen molar-refractivity contribution in [1.82, 2.24) is 25.1 Å². The Bertz CT molecular complexity index is 1410. The minimum absolute atomic E-state index is 0.180. The number of nitrogens with one attached hydrogen (secondary N) is 2. The third kappa shape index (κ3) is 3.73. The Morgan fingerprint density at radius 2 is 2.00 bits per heavy atom. The number of nitrogens with zero attached hydrogens (tertiary/aromatic N) is 4. The number of ketones is 1. The molecule has 1 aromatic carbocycles. The molecule has 1 aliphatic rings. The van der Waals surface area contributed by atoms with E-state index in [2.05, 4.69) is 30.4 Å². The fourth-order valence-electron chi connectivity index (χ4n) is 3.65. The number of H-pyrrole nitrogens is 1. The Kier molecular flexibility index (Phi) is 4.73. The van der Waals surface area contributed by atoms with Crippen molar-refractivity contribution >= 4 is 28.5 Å². The predicted octanol–water partition coefficient (Wildman–Crippen LogP) is 3.90. The zero-order valence-corrected chi connectivity index (χ0v) is 17.0. The number of benzene rings is 1. The largest absolute Gasteiger partial charge is 0.416 e. The van der Waals surface area contributed by atoms with E-state index in [1.165, 1.54) is 18.5 Å². The highest BCUT2D eigenvalue weighted by Gasteiger charge is 2.31. The van der Waals surface area contributed by atoms with Gasteiger partial charge in [-0.1, -0.05) is 5.16 Å². The van der Waals surface area contributed by atoms with Gasteiger partial charge in [-0.15, -0.1) is 0 Å². The molecule has 0 spiro atoms. The average Bonchev–Trinajstić information content (AvgIpc) is 3.43. The normalized spacial score (nSPS) is 14.7. The molecule has 5 rings (SSSR count). The lowest BCUT2D eigenvalue weighted by molar-refractivity contribution is -0.137. The van der Waals surface area contributed by atoms with Gasteiger partial charge < -0.3 is 14.8 Å². The molecule has 0 fully saturated rings. The summed E-state index contributed by atoms with van der Waals surface area (Å²) in [5.41, 5.74) is 0.728. The van der Waals surface area contributed by atoms with E-state index in [1.54, 1.807) is 6.92 Å². The summed E-state index contributed by atoms with van der Waals surface area (Å²) in [6.45, 7) is 1.62. The van der Waals surface area contributed by atoms with Crippen LogP contribution in [0.4, 0.5) is 19.0 Å². The van der Waals surface area contributed by atoms with E-state index in [-0.39, 0.29) is 46.6 Å². The lowest BCUT2D eigenvalue weighted by atomic mass is 9.95. The number of aromatic amines is 1. The molecule has 1 atom stereocenters. The van der Waals surface area contributed by atoms with Gasteiger partial charge in [0.2, 0.25) is 5.91 Å². The average molecular weight is 456 g/mol. The van der Waals surface area contributed by atoms with Crippen LogP contribution in [0.1, 0.15) is 46.6 Å². The number of aromatic nitrogens is 5. The molecule has 0 bridgehead atoms. The van der Waals surface area contributed by atoms with Crippen molar-refractivity contribution in [3.8, 4) is 11.5 Å². The number of halogens is 3. The molecule has 9 nitrogen and oxygen atoms in total. The number of rotatable bonds is 4. The van der Waals surface area contributed by atoms with Gasteiger partial charge in [0, 0.05) is 18.1 Å². The highest BCUT2D eigenvalue weighted by Crippen LogP contribution is 2.32. The van der Waals surface area contributed by atoms with Crippen molar-refractivity contribution in [2.45, 2.75) is 31.9 Å². The van der Waals surface area contributed by atoms with Crippen LogP contribution >= 0.6 is 0 Å². The molecule has 0 saturated heterocycles. The topological polar surface area (TPSA) is 127 Å². The highest BCUT2D eigenvalue weighted by atomic mass is 19.4. The van der Waals surface area contributed by atoms with E-state index in [9.17, 15) is 22.8 Å². The maximum atomic E-state index is 13.1. The van der Waals surface area contributed by atoms with Gasteiger partial charge in [0.05, 0.1) is 22.5 Å². The van der Waals surface area contributed by atoms with Crippen molar-refractivity contribution in [3.63, 3.8) is 0 Å². The molecule has 1 aliphatic heterocycles. The number of alkyl halides is 3. The number of amides is 1. The second kappa shape index (κ2) is 7.50. The smallest absolute Gasteiger partial charge is 0.360 e. The Hall–Kier alpha value is -4.09. The number of hydrogen-bond donors (Lipinski definition) is 2. The van der Waals surface area contributed by atoms with Crippen LogP contribution in [0.25, 0.3) is 22.6 Å². The molecule has 2 N–H and O–H groups in total. The van der Waals surface area contributed by atoms with Crippen molar-refractivity contribution in [2.24, 2.45) is 0 Å². The summed E-state index contributed by atoms with van der Waals surface area (Å²) in [5, 5.41) is 6.54. The van der Waals surface area contributed by atoms with Gasteiger partial charge in [-0.2, -0.15) is 13.2 Å². The van der Waals surface area contributed by atoms with E-state index in [0.29, 0.717) is 23.3 Å². The molecule has 0 unspecified atom stereocenters. The predicted molar refractivity (Wildman–Crippen MR) is 108 cm³/mol. The van der Waals surface area contributed by atoms with E-state index in [4.69, 9.17) is 4.52 Å². The summed E-state index contributed by atoms with van der Waals surface area (Å²) in [6, 6.07) is 4.69. The zero-order chi connectivity index (χ0) is 23.3. The van der Waals surface area contributed by atoms with Crippen LogP contribution in [-0.2, 0) is 17.4 Å². The van der Waals surface area contributed by atoms with Crippen LogP contribution in [-0.4, -0.2) is 36.8 Å². The SMILES string of the molecule is C[C@@H](C(=O)c1ncnc2c1CCC(=O)N2)c1cc(-c2nc3ccc(C(F)(F)F)cc3[nH]2)no1. The van der Waals surface area contributed by atoms with Gasteiger partial charge in [-0.3, -0.25) is 9.59 Å². The number of carbonyl (C=O) groups excluding carboxylic acids is 2. The van der Waals surface area contributed by atoms with Crippen LogP contribution in [0.3, 0.4) is 0 Å². The fourth-order valence-corrected chi connectivity index (χ4v) is 3.65. The quantitative estimate of drug-likeness (QED) is 0.446. The number of carbonyl (C=O) groups is 2. The monoisotopic (exact) mass is 456 g/mol. The molecular formula is C21H15F3N6O3. The van der Waals surface area contributed by atoms with Gasteiger partial charge in [0.25, 0.3) is 0 Å². The first kappa shape index (κ1) is 20.8. The number of imidazole rings is 1. The second-order valence-electron chi connectivity index (χ2n) is 7.61. The van der Waals surface area contributed by atoms with Crippen LogP contribution < -0.4 is 5.32 Å². The number of Topliss-reactive ketones (excluding diaryl/α,β-unsaturated/α-hetero) is 1. The lowest BCUT2D eigenvalue weighted by Crippen LogP contribution is -2.24. The van der Waals surface area contributed by atoms with Crippen molar-refractivity contribution in [2.75, 3.05) is 5.32 Å². The summed E-state index contributed by atoms with van der Waals surface area (Å²) in [7, 11) is 0. The first-order chi connectivity index (χ1) is 15.7. The molecule has 168 valence electrons. The maximum Gasteiger partial charge on any atom is 0.416 e. The summed E-state index contributed by atoms with van der Waals surface area (Å²) < 4.78 is 44.2. The molecule has 3 aromatic heterocycles. The molecule has 4 heterocycles. The molecule has 4 aromatic rings. The van der Waals surface area contributed by atoms with Gasteiger partial charge in [0.15, 0.2) is 11.6 Å². The third-order valence-electron chi connectivity index (χ3n) is 5.44. The molecule has 0 radical (unpaired) electrons. The third-order valence-corrected chi connectivity index (χ3v) is 5.44. The molecular weight excluding hydrogens is 441 g/mol. The first-order valence-electron chi connectivity index (χ1n) is 9.92. The minimum atomic E-state index is -4.47. The summed E-state index contributed by atoms with van der Waals surface area (Å²) >= 11 is 0. The van der Waals surface area contributed by atoms with Crippen LogP contribution in [0.5, 0.6) is 0 Å². The van der Waals surface area contributed by atoms with Crippen LogP contribution in [0.2, 0.25) is 0 Å². The highest BCUT2D eigenvalue weighted by molar-refractivity contribution is 6.03. The van der Waals surface area contributed by atoms with E-state index >= 15 is 0 Å². The number of hydrogen-bond acceptors (Lipinski definition) is 7. The van der Waals surface area contributed by atoms with Gasteiger partial charge in [-0.25, -0.2) is 15.0 Å². The van der Waals surface area contributed by atoms with E-state index < -0.39 is 17.7 Å². The Labute approximate surface area is 183 Å². The number of anilines is 1. The maximum absolute atomic E-state index is 13.1. The van der Waals surface area contributed by atoms with Gasteiger partial charge >= 0.3 is 6.18 Å². The minimum Gasteiger partial charge on any atom is -0.360 e. The van der Waals surface area contributed by atoms with Crippen LogP contribution in [0, 0.1) is 0 Å². The standard InChI is InChI=1S/C21H15F3N6O3/c1-9(18(32)17-11-3-5-16(31)29-19(11)26-8-25-17)15-7-14(30-33-15)20-27-12-4-2-10(21(22,23)24)6-13(12)28-20/h2,4,6-9H,3,5H2,1H3,(H,27,28)(H,25,26,29,31)/t9-/m1/s1.